The summed E-state index contributed by atoms with van der Waals surface area (Å²) in [7, 11) is -2.09. The smallest absolute Gasteiger partial charge is 0.262 e. The van der Waals surface area contributed by atoms with Gasteiger partial charge in [-0.25, -0.2) is 8.42 Å². The highest BCUT2D eigenvalue weighted by molar-refractivity contribution is 7.89. The van der Waals surface area contributed by atoms with Crippen LogP contribution in [-0.4, -0.2) is 21.6 Å². The predicted octanol–water partition coefficient (Wildman–Crippen LogP) is 1.31. The third kappa shape index (κ3) is 3.48. The fraction of sp³-hybridized carbons (Fsp3) is 0.400. The topological polar surface area (TPSA) is 64.6 Å². The molecule has 1 aromatic carbocycles. The number of benzene rings is 1. The first kappa shape index (κ1) is 13.0. The van der Waals surface area contributed by atoms with E-state index >= 15 is 0 Å². The van der Waals surface area contributed by atoms with E-state index in [-0.39, 0.29) is 11.0 Å². The normalized spacial score (nSPS) is 11.8. The van der Waals surface area contributed by atoms with Crippen LogP contribution in [0.1, 0.15) is 13.8 Å². The zero-order valence-electron chi connectivity index (χ0n) is 9.43. The van der Waals surface area contributed by atoms with E-state index in [0.717, 1.165) is 0 Å². The minimum absolute atomic E-state index is 0.133. The Kier molecular flexibility index (Phi) is 4.28. The molecule has 0 saturated carbocycles. The molecule has 0 aliphatic heterocycles. The Balaban J connectivity index is 2.82. The molecule has 0 unspecified atom stereocenters. The molecule has 16 heavy (non-hydrogen) atoms. The van der Waals surface area contributed by atoms with E-state index in [0.29, 0.717) is 5.75 Å². The number of nitrogens with one attached hydrogen (secondary N) is 1. The maximum atomic E-state index is 11.7. The second-order valence-electron chi connectivity index (χ2n) is 3.43. The highest BCUT2D eigenvalue weighted by Gasteiger charge is 2.14. The van der Waals surface area contributed by atoms with Gasteiger partial charge in [-0.1, -0.05) is 4.89 Å². The summed E-state index contributed by atoms with van der Waals surface area (Å²) in [6.07, 6.45) is -0.215. The molecule has 1 rings (SSSR count). The van der Waals surface area contributed by atoms with E-state index in [1.165, 1.54) is 19.2 Å². The summed E-state index contributed by atoms with van der Waals surface area (Å²) in [5.74, 6) is 0.601. The summed E-state index contributed by atoms with van der Waals surface area (Å²) in [4.78, 5) is 7.03. The van der Waals surface area contributed by atoms with Crippen LogP contribution in [0.15, 0.2) is 29.2 Å². The molecule has 0 spiro atoms. The Morgan fingerprint density at radius 1 is 1.19 bits per heavy atom. The van der Waals surface area contributed by atoms with E-state index in [1.54, 1.807) is 26.0 Å². The molecule has 0 saturated heterocycles. The molecule has 0 aromatic heterocycles. The molecule has 90 valence electrons. The van der Waals surface area contributed by atoms with Crippen molar-refractivity contribution < 1.29 is 18.0 Å². The molecule has 6 heteroatoms. The number of rotatable bonds is 5. The molecule has 0 aliphatic rings. The van der Waals surface area contributed by atoms with Crippen molar-refractivity contribution in [2.75, 3.05) is 7.11 Å². The van der Waals surface area contributed by atoms with E-state index in [1.807, 2.05) is 4.89 Å². The molecule has 0 heterocycles. The lowest BCUT2D eigenvalue weighted by Crippen LogP contribution is -2.27. The number of hydrogen-bond acceptors (Lipinski definition) is 4. The number of ether oxygens (including phenoxy) is 1. The summed E-state index contributed by atoms with van der Waals surface area (Å²) < 4.78 is 28.3. The van der Waals surface area contributed by atoms with Gasteiger partial charge >= 0.3 is 0 Å². The van der Waals surface area contributed by atoms with E-state index < -0.39 is 10.0 Å². The molecule has 5 nitrogen and oxygen atoms in total. The number of hydrogen-bond donors (Lipinski definition) is 1. The van der Waals surface area contributed by atoms with Crippen LogP contribution in [0.3, 0.4) is 0 Å². The van der Waals surface area contributed by atoms with Gasteiger partial charge in [-0.2, -0.15) is 0 Å². The Morgan fingerprint density at radius 3 is 2.19 bits per heavy atom. The zero-order chi connectivity index (χ0) is 12.2. The first-order valence-corrected chi connectivity index (χ1v) is 6.25. The van der Waals surface area contributed by atoms with Crippen LogP contribution in [0.5, 0.6) is 5.75 Å². The summed E-state index contributed by atoms with van der Waals surface area (Å²) >= 11 is 0. The van der Waals surface area contributed by atoms with Crippen LogP contribution in [-0.2, 0) is 14.9 Å². The van der Waals surface area contributed by atoms with Crippen molar-refractivity contribution in [3.05, 3.63) is 24.3 Å². The van der Waals surface area contributed by atoms with Gasteiger partial charge in [-0.3, -0.25) is 4.84 Å². The Morgan fingerprint density at radius 2 is 1.75 bits per heavy atom. The lowest BCUT2D eigenvalue weighted by atomic mass is 10.3. The fourth-order valence-corrected chi connectivity index (χ4v) is 1.87. The third-order valence-electron chi connectivity index (χ3n) is 1.76. The first-order chi connectivity index (χ1) is 7.45. The standard InChI is InChI=1S/C10H15NO4S/c1-8(2)15-11-16(12,13)10-6-4-9(14-3)5-7-10/h4-8,11H,1-3H3. The molecule has 1 N–H and O–H groups in total. The summed E-state index contributed by atoms with van der Waals surface area (Å²) in [6, 6.07) is 6.05. The zero-order valence-corrected chi connectivity index (χ0v) is 10.2. The van der Waals surface area contributed by atoms with Crippen LogP contribution in [0.2, 0.25) is 0 Å². The van der Waals surface area contributed by atoms with Gasteiger partial charge in [-0.05, 0) is 38.1 Å². The Bertz CT molecular complexity index is 425. The van der Waals surface area contributed by atoms with Gasteiger partial charge in [0.15, 0.2) is 0 Å². The van der Waals surface area contributed by atoms with Crippen LogP contribution in [0.4, 0.5) is 0 Å². The van der Waals surface area contributed by atoms with E-state index in [4.69, 9.17) is 9.57 Å². The van der Waals surface area contributed by atoms with Gasteiger partial charge in [-0.15, -0.1) is 0 Å². The Hall–Kier alpha value is -1.11. The van der Waals surface area contributed by atoms with Gasteiger partial charge in [0.2, 0.25) is 0 Å². The minimum Gasteiger partial charge on any atom is -0.497 e. The van der Waals surface area contributed by atoms with Gasteiger partial charge in [0, 0.05) is 0 Å². The highest BCUT2D eigenvalue weighted by Crippen LogP contribution is 2.15. The predicted molar refractivity (Wildman–Crippen MR) is 59.5 cm³/mol. The summed E-state index contributed by atoms with van der Waals surface area (Å²) in [5, 5.41) is 0. The molecule has 0 bridgehead atoms. The fourth-order valence-electron chi connectivity index (χ4n) is 0.963. The molecule has 0 atom stereocenters. The molecular formula is C10H15NO4S. The third-order valence-corrected chi connectivity index (χ3v) is 2.97. The van der Waals surface area contributed by atoms with Crippen molar-refractivity contribution in [2.45, 2.75) is 24.8 Å². The Labute approximate surface area is 95.4 Å². The maximum Gasteiger partial charge on any atom is 0.262 e. The van der Waals surface area contributed by atoms with Gasteiger partial charge in [0.1, 0.15) is 5.75 Å². The number of sulfonamides is 1. The summed E-state index contributed by atoms with van der Waals surface area (Å²) in [6.45, 7) is 3.47. The van der Waals surface area contributed by atoms with Gasteiger partial charge in [0.25, 0.3) is 10.0 Å². The van der Waals surface area contributed by atoms with E-state index in [9.17, 15) is 8.42 Å². The van der Waals surface area contributed by atoms with Crippen LogP contribution in [0.25, 0.3) is 0 Å². The van der Waals surface area contributed by atoms with Crippen molar-refractivity contribution in [1.29, 1.82) is 0 Å². The van der Waals surface area contributed by atoms with Crippen LogP contribution >= 0.6 is 0 Å². The second-order valence-corrected chi connectivity index (χ2v) is 5.07. The molecule has 0 radical (unpaired) electrons. The van der Waals surface area contributed by atoms with Crippen molar-refractivity contribution in [3.63, 3.8) is 0 Å². The van der Waals surface area contributed by atoms with E-state index in [2.05, 4.69) is 0 Å². The summed E-state index contributed by atoms with van der Waals surface area (Å²) in [5.41, 5.74) is 0. The molecule has 0 aliphatic carbocycles. The molecule has 1 aromatic rings. The second kappa shape index (κ2) is 5.29. The first-order valence-electron chi connectivity index (χ1n) is 4.77. The quantitative estimate of drug-likeness (QED) is 0.794. The highest BCUT2D eigenvalue weighted by atomic mass is 32.2. The lowest BCUT2D eigenvalue weighted by molar-refractivity contribution is 0.0409. The van der Waals surface area contributed by atoms with Crippen LogP contribution < -0.4 is 9.62 Å². The monoisotopic (exact) mass is 245 g/mol. The average Bonchev–Trinajstić information content (AvgIpc) is 2.27. The van der Waals surface area contributed by atoms with Crippen LogP contribution in [0, 0.1) is 0 Å². The number of methoxy groups -OCH3 is 1. The molecule has 0 amide bonds. The SMILES string of the molecule is COc1ccc(S(=O)(=O)NOC(C)C)cc1. The van der Waals surface area contributed by atoms with Crippen molar-refractivity contribution in [2.24, 2.45) is 0 Å². The van der Waals surface area contributed by atoms with Gasteiger partial charge < -0.3 is 4.74 Å². The van der Waals surface area contributed by atoms with Crippen molar-refractivity contribution in [3.8, 4) is 5.75 Å². The van der Waals surface area contributed by atoms with Crippen molar-refractivity contribution >= 4 is 10.0 Å². The van der Waals surface area contributed by atoms with Crippen molar-refractivity contribution in [1.82, 2.24) is 4.89 Å². The average molecular weight is 245 g/mol. The van der Waals surface area contributed by atoms with Gasteiger partial charge in [0.05, 0.1) is 18.1 Å². The largest absolute Gasteiger partial charge is 0.497 e. The molecule has 0 fully saturated rings. The maximum absolute atomic E-state index is 11.7. The minimum atomic E-state index is -3.61. The lowest BCUT2D eigenvalue weighted by Gasteiger charge is -2.09. The molecular weight excluding hydrogens is 230 g/mol.